The highest BCUT2D eigenvalue weighted by Crippen LogP contribution is 2.44. The van der Waals surface area contributed by atoms with Gasteiger partial charge in [0.1, 0.15) is 6.10 Å². The summed E-state index contributed by atoms with van der Waals surface area (Å²) in [6.45, 7) is 6.36. The number of likely N-dealkylation sites (tertiary alicyclic amines) is 1. The lowest BCUT2D eigenvalue weighted by Crippen LogP contribution is -2.48. The number of hydrogen-bond acceptors (Lipinski definition) is 3. The van der Waals surface area contributed by atoms with Gasteiger partial charge in [0, 0.05) is 13.0 Å². The third-order valence-corrected chi connectivity index (χ3v) is 5.58. The van der Waals surface area contributed by atoms with E-state index >= 15 is 0 Å². The van der Waals surface area contributed by atoms with Crippen LogP contribution in [-0.4, -0.2) is 36.1 Å². The predicted molar refractivity (Wildman–Crippen MR) is 84.0 cm³/mol. The summed E-state index contributed by atoms with van der Waals surface area (Å²) in [4.78, 5) is 14.1. The average Bonchev–Trinajstić information content (AvgIpc) is 2.46. The Morgan fingerprint density at radius 2 is 2.14 bits per heavy atom. The Morgan fingerprint density at radius 1 is 1.29 bits per heavy atom. The molecule has 1 aliphatic heterocycles. The average molecular weight is 291 g/mol. The van der Waals surface area contributed by atoms with Crippen LogP contribution in [0.1, 0.15) is 65.2 Å². The van der Waals surface area contributed by atoms with Gasteiger partial charge in [0.05, 0.1) is 0 Å². The van der Waals surface area contributed by atoms with Crippen LogP contribution in [0.3, 0.4) is 0 Å². The van der Waals surface area contributed by atoms with E-state index < -0.39 is 0 Å². The minimum absolute atomic E-state index is 0.0914. The molecule has 3 heteroatoms. The van der Waals surface area contributed by atoms with Gasteiger partial charge in [0.25, 0.3) is 0 Å². The van der Waals surface area contributed by atoms with Crippen molar-refractivity contribution in [3.63, 3.8) is 0 Å². The second-order valence-electron chi connectivity index (χ2n) is 7.03. The molecule has 1 fully saturated rings. The molecule has 1 heterocycles. The Bertz CT molecular complexity index is 427. The number of esters is 1. The molecule has 3 atom stereocenters. The highest BCUT2D eigenvalue weighted by atomic mass is 16.5. The number of hydrogen-bond donors (Lipinski definition) is 0. The Labute approximate surface area is 128 Å². The summed E-state index contributed by atoms with van der Waals surface area (Å²) in [7, 11) is 0. The monoisotopic (exact) mass is 291 g/mol. The molecule has 0 amide bonds. The molecule has 3 rings (SSSR count). The Kier molecular flexibility index (Phi) is 4.68. The van der Waals surface area contributed by atoms with Gasteiger partial charge in [-0.3, -0.25) is 9.69 Å². The van der Waals surface area contributed by atoms with Gasteiger partial charge in [-0.15, -0.1) is 0 Å². The van der Waals surface area contributed by atoms with Crippen molar-refractivity contribution in [2.75, 3.05) is 13.1 Å². The first-order valence-electron chi connectivity index (χ1n) is 8.81. The third kappa shape index (κ3) is 3.18. The van der Waals surface area contributed by atoms with Gasteiger partial charge in [-0.05, 0) is 75.9 Å². The first-order valence-corrected chi connectivity index (χ1v) is 8.81. The summed E-state index contributed by atoms with van der Waals surface area (Å²) >= 11 is 0. The molecule has 3 nitrogen and oxygen atoms in total. The van der Waals surface area contributed by atoms with Crippen LogP contribution >= 0.6 is 0 Å². The van der Waals surface area contributed by atoms with Gasteiger partial charge in [-0.1, -0.05) is 12.5 Å². The van der Waals surface area contributed by atoms with Crippen LogP contribution < -0.4 is 0 Å². The fourth-order valence-electron chi connectivity index (χ4n) is 4.75. The lowest BCUT2D eigenvalue weighted by Gasteiger charge is -2.47. The Hall–Kier alpha value is -0.830. The zero-order chi connectivity index (χ0) is 14.8. The molecule has 0 aromatic carbocycles. The summed E-state index contributed by atoms with van der Waals surface area (Å²) in [5, 5.41) is 0. The quantitative estimate of drug-likeness (QED) is 0.587. The van der Waals surface area contributed by atoms with Crippen molar-refractivity contribution in [1.29, 1.82) is 0 Å². The van der Waals surface area contributed by atoms with Crippen molar-refractivity contribution >= 4 is 5.97 Å². The van der Waals surface area contributed by atoms with Crippen LogP contribution in [0.4, 0.5) is 0 Å². The van der Waals surface area contributed by atoms with E-state index in [1.165, 1.54) is 63.6 Å². The highest BCUT2D eigenvalue weighted by molar-refractivity contribution is 5.66. The zero-order valence-corrected chi connectivity index (χ0v) is 13.6. The molecule has 1 saturated heterocycles. The summed E-state index contributed by atoms with van der Waals surface area (Å²) < 4.78 is 5.60. The fraction of sp³-hybridized carbons (Fsp3) is 0.833. The largest absolute Gasteiger partial charge is 0.458 e. The van der Waals surface area contributed by atoms with E-state index in [-0.39, 0.29) is 12.1 Å². The highest BCUT2D eigenvalue weighted by Gasteiger charge is 2.39. The summed E-state index contributed by atoms with van der Waals surface area (Å²) in [5.74, 6) is 0.673. The maximum absolute atomic E-state index is 11.4. The minimum Gasteiger partial charge on any atom is -0.458 e. The second kappa shape index (κ2) is 6.51. The van der Waals surface area contributed by atoms with Gasteiger partial charge >= 0.3 is 5.97 Å². The first-order chi connectivity index (χ1) is 10.2. The number of nitrogens with zero attached hydrogens (tertiary/aromatic N) is 1. The standard InChI is InChI=1S/C18H29NO2/c1-3-9-19-10-5-7-15-11-16-14(12-17(15)19)6-4-8-18(16)21-13(2)20/h15,17-18H,3-12H2,1-2H3/t15-,17-,18+/m1/s1. The summed E-state index contributed by atoms with van der Waals surface area (Å²) in [6, 6.07) is 0.758. The Balaban J connectivity index is 1.78. The maximum Gasteiger partial charge on any atom is 0.303 e. The Morgan fingerprint density at radius 3 is 2.90 bits per heavy atom. The van der Waals surface area contributed by atoms with Gasteiger partial charge < -0.3 is 4.74 Å². The topological polar surface area (TPSA) is 29.5 Å². The van der Waals surface area contributed by atoms with Crippen molar-refractivity contribution < 1.29 is 9.53 Å². The summed E-state index contributed by atoms with van der Waals surface area (Å²) in [5.41, 5.74) is 3.12. The van der Waals surface area contributed by atoms with Crippen LogP contribution in [-0.2, 0) is 9.53 Å². The molecule has 0 saturated carbocycles. The molecule has 0 aromatic heterocycles. The molecule has 0 bridgehead atoms. The van der Waals surface area contributed by atoms with E-state index in [1.54, 1.807) is 12.5 Å². The van der Waals surface area contributed by atoms with Crippen LogP contribution in [0.25, 0.3) is 0 Å². The molecule has 118 valence electrons. The molecule has 21 heavy (non-hydrogen) atoms. The molecule has 0 aromatic rings. The van der Waals surface area contributed by atoms with Crippen molar-refractivity contribution in [2.45, 2.75) is 77.4 Å². The predicted octanol–water partition coefficient (Wildman–Crippen LogP) is 3.68. The lowest BCUT2D eigenvalue weighted by molar-refractivity contribution is -0.145. The molecular formula is C18H29NO2. The van der Waals surface area contributed by atoms with E-state index in [2.05, 4.69) is 11.8 Å². The molecule has 0 radical (unpaired) electrons. The zero-order valence-electron chi connectivity index (χ0n) is 13.6. The molecule has 0 N–H and O–H groups in total. The number of ether oxygens (including phenoxy) is 1. The molecule has 3 aliphatic rings. The fourth-order valence-corrected chi connectivity index (χ4v) is 4.75. The van der Waals surface area contributed by atoms with Crippen molar-refractivity contribution in [1.82, 2.24) is 4.90 Å². The molecule has 0 unspecified atom stereocenters. The third-order valence-electron chi connectivity index (χ3n) is 5.58. The number of rotatable bonds is 3. The number of carbonyl (C=O) groups excluding carboxylic acids is 1. The number of fused-ring (bicyclic) bond motifs is 1. The SMILES string of the molecule is CCCN1CCC[C@@H]2CC3=C(CCC[C@@H]3OC(C)=O)C[C@H]21. The lowest BCUT2D eigenvalue weighted by atomic mass is 9.70. The first kappa shape index (κ1) is 15.1. The number of piperidine rings is 1. The van der Waals surface area contributed by atoms with Gasteiger partial charge in [-0.25, -0.2) is 0 Å². The second-order valence-corrected chi connectivity index (χ2v) is 7.03. The molecule has 0 spiro atoms. The van der Waals surface area contributed by atoms with E-state index in [1.807, 2.05) is 0 Å². The molecule has 2 aliphatic carbocycles. The van der Waals surface area contributed by atoms with Crippen molar-refractivity contribution in [3.05, 3.63) is 11.1 Å². The van der Waals surface area contributed by atoms with Crippen molar-refractivity contribution in [2.24, 2.45) is 5.92 Å². The van der Waals surface area contributed by atoms with E-state index in [0.717, 1.165) is 18.4 Å². The van der Waals surface area contributed by atoms with Gasteiger partial charge in [-0.2, -0.15) is 0 Å². The van der Waals surface area contributed by atoms with Gasteiger partial charge in [0.15, 0.2) is 0 Å². The molecular weight excluding hydrogens is 262 g/mol. The van der Waals surface area contributed by atoms with E-state index in [4.69, 9.17) is 4.74 Å². The smallest absolute Gasteiger partial charge is 0.303 e. The van der Waals surface area contributed by atoms with Crippen LogP contribution in [0.5, 0.6) is 0 Å². The minimum atomic E-state index is -0.118. The van der Waals surface area contributed by atoms with Crippen LogP contribution in [0.2, 0.25) is 0 Å². The van der Waals surface area contributed by atoms with Crippen LogP contribution in [0.15, 0.2) is 11.1 Å². The number of carbonyl (C=O) groups is 1. The van der Waals surface area contributed by atoms with E-state index in [0.29, 0.717) is 0 Å². The van der Waals surface area contributed by atoms with Gasteiger partial charge in [0.2, 0.25) is 0 Å². The maximum atomic E-state index is 11.4. The normalized spacial score (nSPS) is 33.3. The van der Waals surface area contributed by atoms with E-state index in [9.17, 15) is 4.79 Å². The van der Waals surface area contributed by atoms with Crippen LogP contribution in [0, 0.1) is 5.92 Å². The van der Waals surface area contributed by atoms with Crippen molar-refractivity contribution in [3.8, 4) is 0 Å². The summed E-state index contributed by atoms with van der Waals surface area (Å²) in [6.07, 6.45) is 9.90.